The van der Waals surface area contributed by atoms with Crippen LogP contribution in [0.5, 0.6) is 0 Å². The number of hydrogen-bond donors (Lipinski definition) is 3. The fourth-order valence-electron chi connectivity index (χ4n) is 4.86. The largest absolute Gasteiger partial charge is 0.488 e. The lowest BCUT2D eigenvalue weighted by molar-refractivity contribution is 0.0964. The number of anilines is 1. The summed E-state index contributed by atoms with van der Waals surface area (Å²) >= 11 is 0. The van der Waals surface area contributed by atoms with Crippen LogP contribution >= 0.6 is 0 Å². The maximum absolute atomic E-state index is 14.7. The van der Waals surface area contributed by atoms with Crippen LogP contribution in [-0.2, 0) is 16.4 Å². The molecule has 0 saturated heterocycles. The van der Waals surface area contributed by atoms with Gasteiger partial charge in [0, 0.05) is 30.6 Å². The number of carbonyl (C=O) groups excluding carboxylic acids is 1. The summed E-state index contributed by atoms with van der Waals surface area (Å²) in [4.78, 5) is 13.0. The van der Waals surface area contributed by atoms with E-state index >= 15 is 0 Å². The molecule has 3 N–H and O–H groups in total. The van der Waals surface area contributed by atoms with Crippen molar-refractivity contribution >= 4 is 45.2 Å². The molecule has 1 aromatic heterocycles. The van der Waals surface area contributed by atoms with Crippen molar-refractivity contribution in [1.29, 1.82) is 0 Å². The molecule has 1 heterocycles. The van der Waals surface area contributed by atoms with E-state index in [1.807, 2.05) is 0 Å². The molecule has 12 heteroatoms. The van der Waals surface area contributed by atoms with Crippen LogP contribution < -0.4 is 15.1 Å². The molecule has 1 aliphatic rings. The van der Waals surface area contributed by atoms with Gasteiger partial charge in [0.15, 0.2) is 0 Å². The number of amides is 1. The Kier molecular flexibility index (Phi) is 7.43. The molecule has 3 aromatic carbocycles. The monoisotopic (exact) mass is 568 g/mol. The van der Waals surface area contributed by atoms with Crippen molar-refractivity contribution in [3.63, 3.8) is 0 Å². The Balaban J connectivity index is 1.62. The van der Waals surface area contributed by atoms with Crippen molar-refractivity contribution in [2.45, 2.75) is 25.2 Å². The lowest BCUT2D eigenvalue weighted by atomic mass is 9.80. The number of halogens is 2. The summed E-state index contributed by atoms with van der Waals surface area (Å²) in [5.41, 5.74) is 2.33. The molecule has 5 rings (SSSR count). The molecule has 1 amide bonds. The first-order valence-corrected chi connectivity index (χ1v) is 14.5. The molecule has 1 aliphatic carbocycles. The molecule has 0 aliphatic heterocycles. The van der Waals surface area contributed by atoms with Gasteiger partial charge >= 0.3 is 7.12 Å². The number of fused-ring (bicyclic) bond motifs is 1. The highest BCUT2D eigenvalue weighted by molar-refractivity contribution is 7.92. The Labute approximate surface area is 230 Å². The Bertz CT molecular complexity index is 1700. The minimum atomic E-state index is -3.83. The van der Waals surface area contributed by atoms with Gasteiger partial charge in [-0.05, 0) is 78.2 Å². The molecule has 0 bridgehead atoms. The van der Waals surface area contributed by atoms with Crippen LogP contribution in [0.4, 0.5) is 14.5 Å². The molecular formula is C28H27BF2N2O6S. The number of rotatable bonds is 9. The van der Waals surface area contributed by atoms with Crippen molar-refractivity contribution < 1.29 is 36.5 Å². The van der Waals surface area contributed by atoms with Crippen molar-refractivity contribution in [3.8, 4) is 11.3 Å². The zero-order valence-corrected chi connectivity index (χ0v) is 22.6. The Morgan fingerprint density at radius 2 is 1.80 bits per heavy atom. The van der Waals surface area contributed by atoms with Gasteiger partial charge in [-0.2, -0.15) is 0 Å². The van der Waals surface area contributed by atoms with Crippen LogP contribution in [0, 0.1) is 11.6 Å². The topological polar surface area (TPSA) is 120 Å². The van der Waals surface area contributed by atoms with Crippen molar-refractivity contribution in [1.82, 2.24) is 5.32 Å². The first kappa shape index (κ1) is 27.8. The average molecular weight is 568 g/mol. The molecule has 1 saturated carbocycles. The van der Waals surface area contributed by atoms with Crippen LogP contribution in [0.25, 0.3) is 22.3 Å². The predicted octanol–water partition coefficient (Wildman–Crippen LogP) is 3.30. The number of carbonyl (C=O) groups is 1. The van der Waals surface area contributed by atoms with Crippen molar-refractivity contribution in [2.24, 2.45) is 0 Å². The molecular weight excluding hydrogens is 541 g/mol. The van der Waals surface area contributed by atoms with Gasteiger partial charge in [0.25, 0.3) is 5.91 Å². The summed E-state index contributed by atoms with van der Waals surface area (Å²) in [6.07, 6.45) is 2.77. The third-order valence-electron chi connectivity index (χ3n) is 7.04. The molecule has 0 radical (unpaired) electrons. The molecule has 40 heavy (non-hydrogen) atoms. The highest BCUT2D eigenvalue weighted by Crippen LogP contribution is 2.48. The van der Waals surface area contributed by atoms with E-state index < -0.39 is 34.7 Å². The summed E-state index contributed by atoms with van der Waals surface area (Å²) in [6, 6.07) is 12.7. The standard InChI is InChI=1S/C28H27BF2N2O6S/c1-32-28(34)26-22-14-21(16-3-4-16)24(15-25(22)39-27(26)18-6-9-20(30)10-7-18)33(40(2,37)38)12-11-17-5-8-19(29(35)36)13-23(17)31/h5-10,13-16,35-36H,3-4,11-12H2,1-2H3,(H,32,34). The maximum Gasteiger partial charge on any atom is 0.488 e. The molecule has 1 fully saturated rings. The lowest BCUT2D eigenvalue weighted by Crippen LogP contribution is -2.33. The Morgan fingerprint density at radius 3 is 2.38 bits per heavy atom. The molecule has 0 unspecified atom stereocenters. The maximum atomic E-state index is 14.7. The quantitative estimate of drug-likeness (QED) is 0.267. The number of furan rings is 1. The number of nitrogens with zero attached hydrogens (tertiary/aromatic N) is 1. The van der Waals surface area contributed by atoms with Crippen LogP contribution in [0.2, 0.25) is 0 Å². The lowest BCUT2D eigenvalue weighted by Gasteiger charge is -2.25. The van der Waals surface area contributed by atoms with Crippen molar-refractivity contribution in [2.75, 3.05) is 24.2 Å². The molecule has 8 nitrogen and oxygen atoms in total. The number of sulfonamides is 1. The van der Waals surface area contributed by atoms with Crippen LogP contribution in [0.15, 0.2) is 59.0 Å². The van der Waals surface area contributed by atoms with Gasteiger partial charge in [0.05, 0.1) is 17.5 Å². The molecule has 4 aromatic rings. The highest BCUT2D eigenvalue weighted by atomic mass is 32.2. The number of hydrogen-bond acceptors (Lipinski definition) is 6. The first-order chi connectivity index (χ1) is 19.0. The molecule has 0 atom stereocenters. The van der Waals surface area contributed by atoms with Crippen LogP contribution in [0.3, 0.4) is 0 Å². The van der Waals surface area contributed by atoms with E-state index in [9.17, 15) is 32.0 Å². The van der Waals surface area contributed by atoms with Crippen LogP contribution in [-0.4, -0.2) is 51.3 Å². The molecule has 0 spiro atoms. The fraction of sp³-hybridized carbons (Fsp3) is 0.250. The summed E-state index contributed by atoms with van der Waals surface area (Å²) in [7, 11) is -4.16. The minimum absolute atomic E-state index is 0.00983. The van der Waals surface area contributed by atoms with Gasteiger partial charge in [-0.1, -0.05) is 12.1 Å². The second-order valence-electron chi connectivity index (χ2n) is 9.88. The fourth-order valence-corrected chi connectivity index (χ4v) is 5.79. The molecule has 208 valence electrons. The van der Waals surface area contributed by atoms with Gasteiger partial charge in [-0.15, -0.1) is 0 Å². The zero-order chi connectivity index (χ0) is 28.8. The summed E-state index contributed by atoms with van der Waals surface area (Å²) in [5, 5.41) is 21.7. The van der Waals surface area contributed by atoms with Crippen LogP contribution in [0.1, 0.15) is 40.2 Å². The third kappa shape index (κ3) is 5.47. The minimum Gasteiger partial charge on any atom is -0.455 e. The second kappa shape index (κ2) is 10.7. The first-order valence-electron chi connectivity index (χ1n) is 12.7. The summed E-state index contributed by atoms with van der Waals surface area (Å²) in [6.45, 7) is -0.0875. The van der Waals surface area contributed by atoms with E-state index in [-0.39, 0.29) is 46.8 Å². The van der Waals surface area contributed by atoms with Gasteiger partial charge in [0.2, 0.25) is 10.0 Å². The average Bonchev–Trinajstić information content (AvgIpc) is 3.68. The third-order valence-corrected chi connectivity index (χ3v) is 8.22. The normalized spacial score (nSPS) is 13.4. The summed E-state index contributed by atoms with van der Waals surface area (Å²) in [5.74, 6) is -1.22. The van der Waals surface area contributed by atoms with Gasteiger partial charge < -0.3 is 19.8 Å². The number of benzene rings is 3. The smallest absolute Gasteiger partial charge is 0.455 e. The SMILES string of the molecule is CNC(=O)c1c(-c2ccc(F)cc2)oc2cc(N(CCc3ccc(B(O)O)cc3F)S(C)(=O)=O)c(C3CC3)cc12. The predicted molar refractivity (Wildman–Crippen MR) is 149 cm³/mol. The van der Waals surface area contributed by atoms with E-state index in [4.69, 9.17) is 4.42 Å². The Morgan fingerprint density at radius 1 is 1.10 bits per heavy atom. The van der Waals surface area contributed by atoms with E-state index in [0.717, 1.165) is 30.7 Å². The summed E-state index contributed by atoms with van der Waals surface area (Å²) < 4.78 is 61.6. The second-order valence-corrected chi connectivity index (χ2v) is 11.8. The zero-order valence-electron chi connectivity index (χ0n) is 21.8. The Hall–Kier alpha value is -3.74. The van der Waals surface area contributed by atoms with E-state index in [2.05, 4.69) is 5.32 Å². The van der Waals surface area contributed by atoms with Crippen molar-refractivity contribution in [3.05, 3.63) is 82.9 Å². The van der Waals surface area contributed by atoms with Gasteiger partial charge in [-0.25, -0.2) is 17.2 Å². The van der Waals surface area contributed by atoms with Gasteiger partial charge in [-0.3, -0.25) is 9.10 Å². The number of nitrogens with one attached hydrogen (secondary N) is 1. The van der Waals surface area contributed by atoms with E-state index in [0.29, 0.717) is 16.6 Å². The highest BCUT2D eigenvalue weighted by Gasteiger charge is 2.33. The van der Waals surface area contributed by atoms with E-state index in [1.165, 1.54) is 47.8 Å². The van der Waals surface area contributed by atoms with E-state index in [1.54, 1.807) is 12.1 Å². The van der Waals surface area contributed by atoms with Gasteiger partial charge in [0.1, 0.15) is 23.0 Å².